The summed E-state index contributed by atoms with van der Waals surface area (Å²) in [6.45, 7) is 14.2. The average Bonchev–Trinajstić information content (AvgIpc) is 1.54. The third-order valence-corrected chi connectivity index (χ3v) is 20.3. The number of hydrogen-bond donors (Lipinski definition) is 3. The maximum atomic E-state index is 13.1. The van der Waals surface area contributed by atoms with E-state index in [0.29, 0.717) is 25.7 Å². The first-order chi connectivity index (χ1) is 46.6. The van der Waals surface area contributed by atoms with Crippen molar-refractivity contribution in [2.75, 3.05) is 39.6 Å². The molecule has 6 atom stereocenters. The van der Waals surface area contributed by atoms with Crippen molar-refractivity contribution in [1.82, 2.24) is 0 Å². The van der Waals surface area contributed by atoms with Crippen LogP contribution in [-0.2, 0) is 65.4 Å². The molecule has 17 nitrogen and oxygen atoms in total. The van der Waals surface area contributed by atoms with E-state index in [4.69, 9.17) is 37.0 Å². The molecule has 0 aliphatic rings. The molecule has 0 aliphatic heterocycles. The molecule has 0 saturated carbocycles. The summed E-state index contributed by atoms with van der Waals surface area (Å²) >= 11 is 0. The molecule has 0 fully saturated rings. The monoisotopic (exact) mass is 1420 g/mol. The van der Waals surface area contributed by atoms with Crippen LogP contribution < -0.4 is 0 Å². The summed E-state index contributed by atoms with van der Waals surface area (Å²) in [4.78, 5) is 72.9. The number of phosphoric ester groups is 2. The van der Waals surface area contributed by atoms with Gasteiger partial charge in [-0.15, -0.1) is 0 Å². The number of aliphatic hydroxyl groups is 1. The number of esters is 4. The number of ether oxygens (including phenoxy) is 4. The van der Waals surface area contributed by atoms with E-state index in [1.54, 1.807) is 0 Å². The molecule has 0 spiro atoms. The zero-order valence-corrected chi connectivity index (χ0v) is 65.5. The minimum Gasteiger partial charge on any atom is -0.462 e. The molecule has 4 unspecified atom stereocenters. The zero-order chi connectivity index (χ0) is 71.7. The first kappa shape index (κ1) is 95.1. The van der Waals surface area contributed by atoms with Gasteiger partial charge in [0.25, 0.3) is 0 Å². The number of aliphatic hydroxyl groups excluding tert-OH is 1. The maximum absolute atomic E-state index is 13.1. The molecule has 3 N–H and O–H groups in total. The van der Waals surface area contributed by atoms with Gasteiger partial charge in [0.05, 0.1) is 26.4 Å². The van der Waals surface area contributed by atoms with Gasteiger partial charge in [0.2, 0.25) is 0 Å². The van der Waals surface area contributed by atoms with E-state index in [0.717, 1.165) is 114 Å². The van der Waals surface area contributed by atoms with Gasteiger partial charge in [-0.05, 0) is 49.4 Å². The van der Waals surface area contributed by atoms with Crippen molar-refractivity contribution < 1.29 is 80.2 Å². The number of rotatable bonds is 75. The van der Waals surface area contributed by atoms with E-state index in [1.165, 1.54) is 199 Å². The fourth-order valence-corrected chi connectivity index (χ4v) is 13.5. The third kappa shape index (κ3) is 70.9. The fraction of sp³-hybridized carbons (Fsp3) is 0.949. The summed E-state index contributed by atoms with van der Waals surface area (Å²) in [5, 5.41) is 10.6. The highest BCUT2D eigenvalue weighted by Gasteiger charge is 2.30. The van der Waals surface area contributed by atoms with Gasteiger partial charge in [-0.2, -0.15) is 0 Å². The van der Waals surface area contributed by atoms with Crippen LogP contribution in [0.4, 0.5) is 0 Å². The van der Waals surface area contributed by atoms with E-state index < -0.39 is 97.5 Å². The van der Waals surface area contributed by atoms with Crippen LogP contribution in [-0.4, -0.2) is 96.7 Å². The molecule has 0 radical (unpaired) electrons. The molecule has 0 aromatic carbocycles. The molecule has 0 aromatic heterocycles. The van der Waals surface area contributed by atoms with Crippen molar-refractivity contribution in [3.05, 3.63) is 0 Å². The molecule has 576 valence electrons. The maximum Gasteiger partial charge on any atom is 0.472 e. The van der Waals surface area contributed by atoms with Gasteiger partial charge < -0.3 is 33.8 Å². The van der Waals surface area contributed by atoms with E-state index in [2.05, 4.69) is 55.4 Å². The zero-order valence-electron chi connectivity index (χ0n) is 63.7. The van der Waals surface area contributed by atoms with Gasteiger partial charge in [0, 0.05) is 25.7 Å². The Labute approximate surface area is 594 Å². The van der Waals surface area contributed by atoms with E-state index in [-0.39, 0.29) is 25.7 Å². The second-order valence-corrected chi connectivity index (χ2v) is 32.7. The van der Waals surface area contributed by atoms with Crippen LogP contribution in [0.3, 0.4) is 0 Å². The second kappa shape index (κ2) is 67.2. The summed E-state index contributed by atoms with van der Waals surface area (Å²) in [5.41, 5.74) is 0. The SMILES string of the molecule is CCC(C)CCCCCCCCCCCCCCCCC(=O)O[C@H](COC(=O)CCCCCCCCCCCCCCCC(C)C)COP(=O)(O)OCC(O)COP(=O)(O)OC[C@@H](COC(=O)CCCCCCCCCCC(C)C)OC(=O)CCCCCCCCCCCC(C)C. The Morgan fingerprint density at radius 1 is 0.289 bits per heavy atom. The second-order valence-electron chi connectivity index (χ2n) is 29.8. The van der Waals surface area contributed by atoms with Crippen LogP contribution in [0, 0.1) is 23.7 Å². The Morgan fingerprint density at radius 2 is 0.495 bits per heavy atom. The van der Waals surface area contributed by atoms with Gasteiger partial charge in [0.1, 0.15) is 19.3 Å². The molecule has 0 amide bonds. The standard InChI is InChI=1S/C78H152O17P2/c1-9-71(8)57-49-41-33-24-18-14-10-11-15-20-26-36-44-52-60-77(82)94-73(64-88-75(80)58-50-42-34-25-19-16-12-13-17-22-30-38-46-54-68(2)3)66-92-96(84,85)90-62-72(79)63-91-97(86,87)93-67-74(65-89-76(81)59-51-43-35-29-28-32-40-48-56-70(6)7)95-78(83)61-53-45-37-27-21-23-31-39-47-55-69(4)5/h68-74,79H,9-67H2,1-8H3,(H,84,85)(H,86,87)/t71?,72?,73-,74-/m1/s1. The topological polar surface area (TPSA) is 237 Å². The number of phosphoric acid groups is 2. The van der Waals surface area contributed by atoms with Crippen molar-refractivity contribution in [1.29, 1.82) is 0 Å². The lowest BCUT2D eigenvalue weighted by Crippen LogP contribution is -2.30. The lowest BCUT2D eigenvalue weighted by molar-refractivity contribution is -0.161. The van der Waals surface area contributed by atoms with Crippen molar-refractivity contribution in [3.63, 3.8) is 0 Å². The van der Waals surface area contributed by atoms with Crippen LogP contribution in [0.5, 0.6) is 0 Å². The van der Waals surface area contributed by atoms with Crippen molar-refractivity contribution >= 4 is 39.5 Å². The van der Waals surface area contributed by atoms with Crippen molar-refractivity contribution in [2.45, 2.75) is 414 Å². The highest BCUT2D eigenvalue weighted by Crippen LogP contribution is 2.45. The molecule has 0 heterocycles. The normalized spacial score (nSPS) is 14.4. The van der Waals surface area contributed by atoms with Gasteiger partial charge in [-0.25, -0.2) is 9.13 Å². The molecule has 0 aromatic rings. The molecule has 0 aliphatic carbocycles. The predicted molar refractivity (Wildman–Crippen MR) is 395 cm³/mol. The Hall–Kier alpha value is -1.94. The number of carbonyl (C=O) groups excluding carboxylic acids is 4. The number of hydrogen-bond acceptors (Lipinski definition) is 15. The Morgan fingerprint density at radius 3 is 0.732 bits per heavy atom. The van der Waals surface area contributed by atoms with Crippen LogP contribution >= 0.6 is 15.6 Å². The average molecular weight is 1420 g/mol. The van der Waals surface area contributed by atoms with E-state index >= 15 is 0 Å². The number of carbonyl (C=O) groups is 4. The van der Waals surface area contributed by atoms with Crippen LogP contribution in [0.15, 0.2) is 0 Å². The minimum absolute atomic E-state index is 0.104. The van der Waals surface area contributed by atoms with Gasteiger partial charge in [-0.3, -0.25) is 37.3 Å². The summed E-state index contributed by atoms with van der Waals surface area (Å²) in [6, 6.07) is 0. The molecular formula is C78H152O17P2. The quantitative estimate of drug-likeness (QED) is 0.0222. The van der Waals surface area contributed by atoms with Crippen molar-refractivity contribution in [2.24, 2.45) is 23.7 Å². The highest BCUT2D eigenvalue weighted by molar-refractivity contribution is 7.47. The molecular weight excluding hydrogens is 1270 g/mol. The van der Waals surface area contributed by atoms with Crippen LogP contribution in [0.2, 0.25) is 0 Å². The van der Waals surface area contributed by atoms with E-state index in [1.807, 2.05) is 0 Å². The lowest BCUT2D eigenvalue weighted by atomic mass is 9.99. The van der Waals surface area contributed by atoms with Crippen molar-refractivity contribution in [3.8, 4) is 0 Å². The predicted octanol–water partition coefficient (Wildman–Crippen LogP) is 22.8. The fourth-order valence-electron chi connectivity index (χ4n) is 11.9. The summed E-state index contributed by atoms with van der Waals surface area (Å²) < 4.78 is 68.6. The Kier molecular flexibility index (Phi) is 65.9. The molecule has 0 rings (SSSR count). The van der Waals surface area contributed by atoms with Gasteiger partial charge in [0.15, 0.2) is 12.2 Å². The molecule has 0 bridgehead atoms. The lowest BCUT2D eigenvalue weighted by Gasteiger charge is -2.21. The minimum atomic E-state index is -4.96. The third-order valence-electron chi connectivity index (χ3n) is 18.4. The van der Waals surface area contributed by atoms with Gasteiger partial charge in [-0.1, -0.05) is 344 Å². The highest BCUT2D eigenvalue weighted by atomic mass is 31.2. The Bertz CT molecular complexity index is 1900. The molecule has 97 heavy (non-hydrogen) atoms. The summed E-state index contributed by atoms with van der Waals surface area (Å²) in [6.07, 6.45) is 52.7. The first-order valence-electron chi connectivity index (χ1n) is 40.2. The van der Waals surface area contributed by atoms with Gasteiger partial charge >= 0.3 is 39.5 Å². The summed E-state index contributed by atoms with van der Waals surface area (Å²) in [5.74, 6) is 0.981. The van der Waals surface area contributed by atoms with Crippen LogP contribution in [0.1, 0.15) is 396 Å². The molecule has 19 heteroatoms. The van der Waals surface area contributed by atoms with E-state index in [9.17, 15) is 43.2 Å². The smallest absolute Gasteiger partial charge is 0.462 e. The molecule has 0 saturated heterocycles. The first-order valence-corrected chi connectivity index (χ1v) is 43.2. The summed E-state index contributed by atoms with van der Waals surface area (Å²) in [7, 11) is -9.92. The largest absolute Gasteiger partial charge is 0.472 e. The number of unbranched alkanes of at least 4 members (excludes halogenated alkanes) is 40. The van der Waals surface area contributed by atoms with Crippen LogP contribution in [0.25, 0.3) is 0 Å². The Balaban J connectivity index is 5.26.